The van der Waals surface area contributed by atoms with Crippen LogP contribution in [0.15, 0.2) is 36.7 Å². The number of aromatic carboxylic acids is 1. The van der Waals surface area contributed by atoms with E-state index in [0.717, 1.165) is 0 Å². The van der Waals surface area contributed by atoms with Gasteiger partial charge in [0.2, 0.25) is 0 Å². The maximum Gasteiger partial charge on any atom is 0.354 e. The Morgan fingerprint density at radius 3 is 2.68 bits per heavy atom. The van der Waals surface area contributed by atoms with Crippen molar-refractivity contribution in [2.45, 2.75) is 6.92 Å². The Morgan fingerprint density at radius 2 is 2.00 bits per heavy atom. The number of hydrogen-bond donors (Lipinski definition) is 2. The standard InChI is InChI=1S/C13H11N3O3/c1-8-10(3-2-5-14-8)16-12(17)9-4-6-15-11(7-9)13(18)19/h2-7H,1H3,(H,16,17)(H,18,19). The number of hydrogen-bond acceptors (Lipinski definition) is 4. The minimum Gasteiger partial charge on any atom is -0.477 e. The summed E-state index contributed by atoms with van der Waals surface area (Å²) in [6, 6.07) is 6.11. The number of carboxylic acids is 1. The number of rotatable bonds is 3. The van der Waals surface area contributed by atoms with Gasteiger partial charge in [-0.1, -0.05) is 0 Å². The molecule has 2 heterocycles. The van der Waals surface area contributed by atoms with Gasteiger partial charge in [0.1, 0.15) is 5.69 Å². The topological polar surface area (TPSA) is 92.2 Å². The molecule has 1 amide bonds. The number of nitrogens with one attached hydrogen (secondary N) is 1. The van der Waals surface area contributed by atoms with Crippen LogP contribution in [0.5, 0.6) is 0 Å². The summed E-state index contributed by atoms with van der Waals surface area (Å²) in [6.07, 6.45) is 2.91. The van der Waals surface area contributed by atoms with Crippen molar-refractivity contribution in [2.24, 2.45) is 0 Å². The molecule has 0 spiro atoms. The molecule has 2 aromatic heterocycles. The van der Waals surface area contributed by atoms with Gasteiger partial charge in [0.25, 0.3) is 5.91 Å². The van der Waals surface area contributed by atoms with Gasteiger partial charge < -0.3 is 10.4 Å². The van der Waals surface area contributed by atoms with Gasteiger partial charge in [0, 0.05) is 18.0 Å². The predicted octanol–water partition coefficient (Wildman–Crippen LogP) is 1.74. The van der Waals surface area contributed by atoms with Crippen molar-refractivity contribution in [2.75, 3.05) is 5.32 Å². The van der Waals surface area contributed by atoms with Crippen LogP contribution < -0.4 is 5.32 Å². The van der Waals surface area contributed by atoms with Gasteiger partial charge in [0.15, 0.2) is 0 Å². The first-order chi connectivity index (χ1) is 9.08. The van der Waals surface area contributed by atoms with E-state index in [1.807, 2.05) is 0 Å². The van der Waals surface area contributed by atoms with Crippen molar-refractivity contribution in [3.63, 3.8) is 0 Å². The molecule has 2 rings (SSSR count). The third-order valence-corrected chi connectivity index (χ3v) is 2.50. The highest BCUT2D eigenvalue weighted by atomic mass is 16.4. The first kappa shape index (κ1) is 12.7. The number of nitrogens with zero attached hydrogens (tertiary/aromatic N) is 2. The fourth-order valence-corrected chi connectivity index (χ4v) is 1.50. The average molecular weight is 257 g/mol. The zero-order chi connectivity index (χ0) is 13.8. The minimum absolute atomic E-state index is 0.171. The predicted molar refractivity (Wildman–Crippen MR) is 68.1 cm³/mol. The summed E-state index contributed by atoms with van der Waals surface area (Å²) in [6.45, 7) is 1.77. The quantitative estimate of drug-likeness (QED) is 0.873. The third kappa shape index (κ3) is 2.92. The summed E-state index contributed by atoms with van der Waals surface area (Å²) in [5, 5.41) is 11.5. The number of carbonyl (C=O) groups excluding carboxylic acids is 1. The zero-order valence-corrected chi connectivity index (χ0v) is 10.1. The molecule has 0 unspecified atom stereocenters. The van der Waals surface area contributed by atoms with Crippen LogP contribution in [0.2, 0.25) is 0 Å². The molecule has 0 aliphatic rings. The summed E-state index contributed by atoms with van der Waals surface area (Å²) >= 11 is 0. The molecule has 0 radical (unpaired) electrons. The van der Waals surface area contributed by atoms with Gasteiger partial charge in [-0.2, -0.15) is 0 Å². The molecule has 2 N–H and O–H groups in total. The second-order valence-electron chi connectivity index (χ2n) is 3.83. The normalized spacial score (nSPS) is 9.95. The lowest BCUT2D eigenvalue weighted by Gasteiger charge is -2.07. The molecule has 6 nitrogen and oxygen atoms in total. The van der Waals surface area contributed by atoms with Crippen LogP contribution in [0.3, 0.4) is 0 Å². The number of anilines is 1. The maximum atomic E-state index is 12.0. The fraction of sp³-hybridized carbons (Fsp3) is 0.0769. The molecule has 19 heavy (non-hydrogen) atoms. The van der Waals surface area contributed by atoms with Crippen LogP contribution in [0.1, 0.15) is 26.5 Å². The molecule has 0 atom stereocenters. The molecule has 0 bridgehead atoms. The van der Waals surface area contributed by atoms with Gasteiger partial charge in [-0.05, 0) is 31.2 Å². The Morgan fingerprint density at radius 1 is 1.21 bits per heavy atom. The lowest BCUT2D eigenvalue weighted by atomic mass is 10.2. The highest BCUT2D eigenvalue weighted by Crippen LogP contribution is 2.12. The molecular formula is C13H11N3O3. The van der Waals surface area contributed by atoms with Crippen molar-refractivity contribution in [1.82, 2.24) is 9.97 Å². The summed E-state index contributed by atoms with van der Waals surface area (Å²) < 4.78 is 0. The van der Waals surface area contributed by atoms with Crippen molar-refractivity contribution in [3.05, 3.63) is 53.6 Å². The van der Waals surface area contributed by atoms with E-state index in [9.17, 15) is 9.59 Å². The zero-order valence-electron chi connectivity index (χ0n) is 10.1. The van der Waals surface area contributed by atoms with E-state index < -0.39 is 11.9 Å². The largest absolute Gasteiger partial charge is 0.477 e. The van der Waals surface area contributed by atoms with Crippen LogP contribution >= 0.6 is 0 Å². The molecule has 0 saturated carbocycles. The lowest BCUT2D eigenvalue weighted by Crippen LogP contribution is -2.14. The van der Waals surface area contributed by atoms with Crippen molar-refractivity contribution in [3.8, 4) is 0 Å². The van der Waals surface area contributed by atoms with E-state index >= 15 is 0 Å². The van der Waals surface area contributed by atoms with Crippen molar-refractivity contribution >= 4 is 17.6 Å². The third-order valence-electron chi connectivity index (χ3n) is 2.50. The van der Waals surface area contributed by atoms with Crippen molar-refractivity contribution < 1.29 is 14.7 Å². The second kappa shape index (κ2) is 5.26. The van der Waals surface area contributed by atoms with E-state index in [1.54, 1.807) is 25.3 Å². The molecule has 0 aliphatic heterocycles. The Kier molecular flexibility index (Phi) is 3.51. The van der Waals surface area contributed by atoms with Crippen LogP contribution in [0.25, 0.3) is 0 Å². The number of aromatic nitrogens is 2. The summed E-state index contributed by atoms with van der Waals surface area (Å²) in [4.78, 5) is 30.5. The average Bonchev–Trinajstić information content (AvgIpc) is 2.41. The monoisotopic (exact) mass is 257 g/mol. The van der Waals surface area contributed by atoms with E-state index in [1.165, 1.54) is 18.3 Å². The Balaban J connectivity index is 2.23. The molecule has 0 aromatic carbocycles. The molecule has 0 fully saturated rings. The maximum absolute atomic E-state index is 12.0. The smallest absolute Gasteiger partial charge is 0.354 e. The van der Waals surface area contributed by atoms with Gasteiger partial charge in [-0.25, -0.2) is 9.78 Å². The Hall–Kier alpha value is -2.76. The lowest BCUT2D eigenvalue weighted by molar-refractivity contribution is 0.0690. The first-order valence-corrected chi connectivity index (χ1v) is 5.50. The molecule has 2 aromatic rings. The molecule has 0 aliphatic carbocycles. The molecule has 0 saturated heterocycles. The molecule has 96 valence electrons. The highest BCUT2D eigenvalue weighted by Gasteiger charge is 2.11. The summed E-state index contributed by atoms with van der Waals surface area (Å²) in [5.41, 5.74) is 1.33. The Bertz CT molecular complexity index is 641. The summed E-state index contributed by atoms with van der Waals surface area (Å²) in [5.74, 6) is -1.58. The first-order valence-electron chi connectivity index (χ1n) is 5.50. The number of carboxylic acid groups (broad SMARTS) is 1. The molecule has 6 heteroatoms. The van der Waals surface area contributed by atoms with E-state index in [0.29, 0.717) is 11.4 Å². The molecular weight excluding hydrogens is 246 g/mol. The number of aryl methyl sites for hydroxylation is 1. The number of amides is 1. The van der Waals surface area contributed by atoms with Gasteiger partial charge in [-0.3, -0.25) is 9.78 Å². The second-order valence-corrected chi connectivity index (χ2v) is 3.83. The summed E-state index contributed by atoms with van der Waals surface area (Å²) in [7, 11) is 0. The van der Waals surface area contributed by atoms with Crippen LogP contribution in [-0.4, -0.2) is 27.0 Å². The number of carbonyl (C=O) groups is 2. The number of pyridine rings is 2. The fourth-order valence-electron chi connectivity index (χ4n) is 1.50. The van der Waals surface area contributed by atoms with Crippen LogP contribution in [0.4, 0.5) is 5.69 Å². The SMILES string of the molecule is Cc1ncccc1NC(=O)c1ccnc(C(=O)O)c1. The highest BCUT2D eigenvalue weighted by molar-refractivity contribution is 6.05. The van der Waals surface area contributed by atoms with Gasteiger partial charge in [-0.15, -0.1) is 0 Å². The van der Waals surface area contributed by atoms with E-state index in [4.69, 9.17) is 5.11 Å². The van der Waals surface area contributed by atoms with Crippen LogP contribution in [-0.2, 0) is 0 Å². The van der Waals surface area contributed by atoms with Crippen molar-refractivity contribution in [1.29, 1.82) is 0 Å². The van der Waals surface area contributed by atoms with Gasteiger partial charge >= 0.3 is 5.97 Å². The van der Waals surface area contributed by atoms with Crippen LogP contribution in [0, 0.1) is 6.92 Å². The Labute approximate surface area is 109 Å². The minimum atomic E-state index is -1.17. The van der Waals surface area contributed by atoms with E-state index in [2.05, 4.69) is 15.3 Å². The van der Waals surface area contributed by atoms with E-state index in [-0.39, 0.29) is 11.3 Å². The van der Waals surface area contributed by atoms with Gasteiger partial charge in [0.05, 0.1) is 11.4 Å².